The molecule has 2 fully saturated rings. The van der Waals surface area contributed by atoms with E-state index in [0.29, 0.717) is 31.6 Å². The molecule has 154 valence electrons. The maximum absolute atomic E-state index is 11.6. The quantitative estimate of drug-likeness (QED) is 0.344. The molecule has 1 heterocycles. The Hall–Kier alpha value is -2.31. The molecule has 1 aromatic rings. The molecule has 7 nitrogen and oxygen atoms in total. The summed E-state index contributed by atoms with van der Waals surface area (Å²) in [6, 6.07) is 3.96. The molecule has 2 saturated carbocycles. The molecule has 2 aliphatic carbocycles. The molecular weight excluding hydrogens is 354 g/mol. The van der Waals surface area contributed by atoms with Gasteiger partial charge >= 0.3 is 0 Å². The Kier molecular flexibility index (Phi) is 7.94. The van der Waals surface area contributed by atoms with Crippen LogP contribution >= 0.6 is 0 Å². The summed E-state index contributed by atoms with van der Waals surface area (Å²) in [5, 5.41) is 9.42. The molecule has 0 atom stereocenters. The van der Waals surface area contributed by atoms with Gasteiger partial charge < -0.3 is 20.7 Å². The number of pyridine rings is 1. The summed E-state index contributed by atoms with van der Waals surface area (Å²) in [4.78, 5) is 20.7. The smallest absolute Gasteiger partial charge is 0.223 e. The van der Waals surface area contributed by atoms with Gasteiger partial charge in [0.2, 0.25) is 11.8 Å². The third kappa shape index (κ3) is 7.02. The molecular formula is C21H33N5O2. The molecule has 7 heteroatoms. The molecule has 0 aliphatic heterocycles. The van der Waals surface area contributed by atoms with Crippen molar-refractivity contribution in [3.63, 3.8) is 0 Å². The van der Waals surface area contributed by atoms with E-state index in [4.69, 9.17) is 4.74 Å². The molecule has 3 rings (SSSR count). The highest BCUT2D eigenvalue weighted by molar-refractivity contribution is 5.81. The summed E-state index contributed by atoms with van der Waals surface area (Å²) in [5.74, 6) is 1.87. The number of aliphatic imine (C=N–C) groups is 1. The van der Waals surface area contributed by atoms with Crippen molar-refractivity contribution < 1.29 is 9.53 Å². The highest BCUT2D eigenvalue weighted by Gasteiger charge is 2.28. The van der Waals surface area contributed by atoms with Gasteiger partial charge in [0.1, 0.15) is 6.10 Å². The fraction of sp³-hybridized carbons (Fsp3) is 0.667. The van der Waals surface area contributed by atoms with Crippen molar-refractivity contribution in [3.8, 4) is 5.88 Å². The highest BCUT2D eigenvalue weighted by Crippen LogP contribution is 2.28. The number of guanidine groups is 1. The summed E-state index contributed by atoms with van der Waals surface area (Å²) in [7, 11) is 0. The van der Waals surface area contributed by atoms with Crippen LogP contribution in [-0.2, 0) is 11.3 Å². The monoisotopic (exact) mass is 387 g/mol. The van der Waals surface area contributed by atoms with Gasteiger partial charge in [-0.15, -0.1) is 0 Å². The zero-order valence-electron chi connectivity index (χ0n) is 16.9. The number of carbonyl (C=O) groups is 1. The van der Waals surface area contributed by atoms with E-state index in [0.717, 1.165) is 43.8 Å². The number of nitrogens with zero attached hydrogens (tertiary/aromatic N) is 2. The predicted molar refractivity (Wildman–Crippen MR) is 110 cm³/mol. The average Bonchev–Trinajstić information content (AvgIpc) is 3.56. The van der Waals surface area contributed by atoms with E-state index in [1.165, 1.54) is 19.3 Å². The van der Waals surface area contributed by atoms with Gasteiger partial charge in [-0.3, -0.25) is 4.79 Å². The Bertz CT molecular complexity index is 637. The zero-order chi connectivity index (χ0) is 19.6. The molecule has 1 amide bonds. The Balaban J connectivity index is 1.41. The van der Waals surface area contributed by atoms with Gasteiger partial charge in [-0.05, 0) is 51.0 Å². The number of hydrogen-bond acceptors (Lipinski definition) is 4. The number of hydrogen-bond donors (Lipinski definition) is 3. The summed E-state index contributed by atoms with van der Waals surface area (Å²) < 4.78 is 5.97. The molecule has 0 spiro atoms. The Labute approximate surface area is 167 Å². The van der Waals surface area contributed by atoms with E-state index in [1.54, 1.807) is 0 Å². The van der Waals surface area contributed by atoms with Crippen LogP contribution in [0.25, 0.3) is 0 Å². The standard InChI is InChI=1S/C21H33N5O2/c1-2-22-21(24-13-12-23-20(27)17-9-10-17)26-15-16-8-11-19(25-14-16)28-18-6-4-3-5-7-18/h8,11,14,17-18H,2-7,9-10,12-13,15H2,1H3,(H,23,27)(H2,22,24,26). The van der Waals surface area contributed by atoms with Crippen LogP contribution in [0.4, 0.5) is 0 Å². The summed E-state index contributed by atoms with van der Waals surface area (Å²) in [6.07, 6.45) is 10.3. The Morgan fingerprint density at radius 3 is 2.57 bits per heavy atom. The van der Waals surface area contributed by atoms with Crippen LogP contribution in [0, 0.1) is 5.92 Å². The fourth-order valence-electron chi connectivity index (χ4n) is 3.30. The molecule has 0 unspecified atom stereocenters. The third-order valence-corrected chi connectivity index (χ3v) is 5.07. The van der Waals surface area contributed by atoms with E-state index >= 15 is 0 Å². The first-order valence-electron chi connectivity index (χ1n) is 10.7. The number of aromatic nitrogens is 1. The van der Waals surface area contributed by atoms with Crippen molar-refractivity contribution in [2.24, 2.45) is 10.9 Å². The van der Waals surface area contributed by atoms with Crippen LogP contribution < -0.4 is 20.7 Å². The first-order valence-corrected chi connectivity index (χ1v) is 10.7. The van der Waals surface area contributed by atoms with Gasteiger partial charge in [-0.1, -0.05) is 12.5 Å². The minimum Gasteiger partial charge on any atom is -0.474 e. The van der Waals surface area contributed by atoms with Gasteiger partial charge in [0, 0.05) is 37.8 Å². The molecule has 28 heavy (non-hydrogen) atoms. The Morgan fingerprint density at radius 2 is 1.89 bits per heavy atom. The van der Waals surface area contributed by atoms with Gasteiger partial charge in [-0.2, -0.15) is 0 Å². The summed E-state index contributed by atoms with van der Waals surface area (Å²) in [6.45, 7) is 4.61. The van der Waals surface area contributed by atoms with E-state index < -0.39 is 0 Å². The molecule has 2 aliphatic rings. The normalized spacial score (nSPS) is 17.8. The maximum Gasteiger partial charge on any atom is 0.223 e. The minimum absolute atomic E-state index is 0.172. The lowest BCUT2D eigenvalue weighted by Gasteiger charge is -2.22. The van der Waals surface area contributed by atoms with E-state index in [2.05, 4.69) is 25.9 Å². The van der Waals surface area contributed by atoms with E-state index in [9.17, 15) is 4.79 Å². The number of nitrogens with one attached hydrogen (secondary N) is 3. The van der Waals surface area contributed by atoms with Crippen molar-refractivity contribution in [2.45, 2.75) is 64.5 Å². The lowest BCUT2D eigenvalue weighted by Crippen LogP contribution is -2.41. The van der Waals surface area contributed by atoms with Crippen molar-refractivity contribution in [2.75, 3.05) is 19.6 Å². The molecule has 0 saturated heterocycles. The topological polar surface area (TPSA) is 87.6 Å². The van der Waals surface area contributed by atoms with Crippen LogP contribution in [0.15, 0.2) is 23.3 Å². The molecule has 0 bridgehead atoms. The van der Waals surface area contributed by atoms with Crippen LogP contribution in [0.5, 0.6) is 5.88 Å². The van der Waals surface area contributed by atoms with Gasteiger partial charge in [0.25, 0.3) is 0 Å². The first kappa shape index (κ1) is 20.4. The summed E-state index contributed by atoms with van der Waals surface area (Å²) in [5.41, 5.74) is 1.04. The first-order chi connectivity index (χ1) is 13.7. The van der Waals surface area contributed by atoms with Crippen molar-refractivity contribution in [3.05, 3.63) is 23.9 Å². The maximum atomic E-state index is 11.6. The summed E-state index contributed by atoms with van der Waals surface area (Å²) >= 11 is 0. The largest absolute Gasteiger partial charge is 0.474 e. The molecule has 0 aromatic carbocycles. The van der Waals surface area contributed by atoms with Gasteiger partial charge in [-0.25, -0.2) is 9.98 Å². The fourth-order valence-corrected chi connectivity index (χ4v) is 3.30. The van der Waals surface area contributed by atoms with Gasteiger partial charge in [0.15, 0.2) is 5.96 Å². The number of ether oxygens (including phenoxy) is 1. The number of amides is 1. The number of rotatable bonds is 9. The lowest BCUT2D eigenvalue weighted by molar-refractivity contribution is -0.122. The second-order valence-corrected chi connectivity index (χ2v) is 7.57. The van der Waals surface area contributed by atoms with E-state index in [1.807, 2.05) is 25.3 Å². The molecule has 0 radical (unpaired) electrons. The van der Waals surface area contributed by atoms with Crippen LogP contribution in [-0.4, -0.2) is 42.6 Å². The highest BCUT2D eigenvalue weighted by atomic mass is 16.5. The predicted octanol–water partition coefficient (Wildman–Crippen LogP) is 2.37. The van der Waals surface area contributed by atoms with Gasteiger partial charge in [0.05, 0.1) is 6.54 Å². The second kappa shape index (κ2) is 10.9. The SMILES string of the molecule is CCNC(=NCc1ccc(OC2CCCCC2)nc1)NCCNC(=O)C1CC1. The third-order valence-electron chi connectivity index (χ3n) is 5.07. The van der Waals surface area contributed by atoms with Crippen LogP contribution in [0.1, 0.15) is 57.4 Å². The van der Waals surface area contributed by atoms with Crippen molar-refractivity contribution in [1.82, 2.24) is 20.9 Å². The van der Waals surface area contributed by atoms with Crippen molar-refractivity contribution >= 4 is 11.9 Å². The average molecular weight is 388 g/mol. The van der Waals surface area contributed by atoms with Crippen molar-refractivity contribution in [1.29, 1.82) is 0 Å². The zero-order valence-corrected chi connectivity index (χ0v) is 16.9. The number of carbonyl (C=O) groups excluding carboxylic acids is 1. The Morgan fingerprint density at radius 1 is 1.11 bits per heavy atom. The molecule has 1 aromatic heterocycles. The second-order valence-electron chi connectivity index (χ2n) is 7.57. The lowest BCUT2D eigenvalue weighted by atomic mass is 9.98. The van der Waals surface area contributed by atoms with Crippen LogP contribution in [0.2, 0.25) is 0 Å². The van der Waals surface area contributed by atoms with E-state index in [-0.39, 0.29) is 11.8 Å². The molecule has 3 N–H and O–H groups in total. The minimum atomic E-state index is 0.172. The van der Waals surface area contributed by atoms with Crippen LogP contribution in [0.3, 0.4) is 0 Å².